The highest BCUT2D eigenvalue weighted by Gasteiger charge is 1.90. The molecule has 0 saturated carbocycles. The molecule has 0 saturated heterocycles. The second-order valence-corrected chi connectivity index (χ2v) is 2.03. The molecule has 2 nitrogen and oxygen atoms in total. The summed E-state index contributed by atoms with van der Waals surface area (Å²) in [5, 5.41) is 10.7. The second kappa shape index (κ2) is 3.01. The average Bonchev–Trinajstić information content (AvgIpc) is 1.88. The zero-order chi connectivity index (χ0) is 7.40. The molecule has 10 heavy (non-hydrogen) atoms. The third-order valence-corrected chi connectivity index (χ3v) is 1.17. The van der Waals surface area contributed by atoms with Gasteiger partial charge in [0.25, 0.3) is 0 Å². The smallest absolute Gasteiger partial charge is 0.169 e. The van der Waals surface area contributed by atoms with Gasteiger partial charge in [-0.25, -0.2) is 4.57 Å². The fraction of sp³-hybridized carbons (Fsp3) is 0.125. The van der Waals surface area contributed by atoms with Crippen LogP contribution in [0, 0.1) is 0 Å². The van der Waals surface area contributed by atoms with Crippen molar-refractivity contribution in [2.24, 2.45) is 0 Å². The Balaban J connectivity index is 2.84. The summed E-state index contributed by atoms with van der Waals surface area (Å²) in [4.78, 5) is 0. The maximum atomic E-state index is 10.7. The van der Waals surface area contributed by atoms with Crippen LogP contribution in [0.1, 0.15) is 0 Å². The van der Waals surface area contributed by atoms with E-state index in [-0.39, 0.29) is 5.75 Å². The molecule has 1 rings (SSSR count). The number of rotatable bonds is 2. The van der Waals surface area contributed by atoms with Gasteiger partial charge in [-0.1, -0.05) is 12.6 Å². The Morgan fingerprint density at radius 2 is 2.50 bits per heavy atom. The Kier molecular flexibility index (Phi) is 2.05. The first-order valence-corrected chi connectivity index (χ1v) is 3.10. The summed E-state index contributed by atoms with van der Waals surface area (Å²) in [5.41, 5.74) is 0. The largest absolute Gasteiger partial charge is 0.868 e. The Morgan fingerprint density at radius 1 is 1.70 bits per heavy atom. The van der Waals surface area contributed by atoms with Gasteiger partial charge in [-0.15, -0.1) is 0 Å². The number of hydrogen-bond donors (Lipinski definition) is 0. The Labute approximate surface area is 60.1 Å². The van der Waals surface area contributed by atoms with Gasteiger partial charge in [0.15, 0.2) is 18.9 Å². The number of allylic oxidation sites excluding steroid dienone is 1. The average molecular weight is 135 g/mol. The van der Waals surface area contributed by atoms with Crippen LogP contribution in [-0.2, 0) is 6.54 Å². The van der Waals surface area contributed by atoms with Crippen LogP contribution in [0.3, 0.4) is 0 Å². The van der Waals surface area contributed by atoms with Crippen molar-refractivity contribution in [1.29, 1.82) is 0 Å². The van der Waals surface area contributed by atoms with Gasteiger partial charge in [0.2, 0.25) is 0 Å². The van der Waals surface area contributed by atoms with E-state index in [0.717, 1.165) is 0 Å². The van der Waals surface area contributed by atoms with Crippen molar-refractivity contribution in [2.75, 3.05) is 0 Å². The molecule has 0 aliphatic rings. The summed E-state index contributed by atoms with van der Waals surface area (Å²) < 4.78 is 1.79. The summed E-state index contributed by atoms with van der Waals surface area (Å²) in [6.07, 6.45) is 5.13. The predicted octanol–water partition coefficient (Wildman–Crippen LogP) is 0.234. The first kappa shape index (κ1) is 6.81. The maximum Gasteiger partial charge on any atom is 0.169 e. The minimum Gasteiger partial charge on any atom is -0.868 e. The molecule has 0 aliphatic heterocycles. The van der Waals surface area contributed by atoms with Crippen molar-refractivity contribution in [3.05, 3.63) is 37.2 Å². The number of aromatic nitrogens is 1. The first-order valence-electron chi connectivity index (χ1n) is 3.10. The van der Waals surface area contributed by atoms with Crippen molar-refractivity contribution in [3.8, 4) is 5.75 Å². The van der Waals surface area contributed by atoms with E-state index in [9.17, 15) is 5.11 Å². The minimum absolute atomic E-state index is 0.0318. The molecule has 52 valence electrons. The van der Waals surface area contributed by atoms with Gasteiger partial charge in [0, 0.05) is 6.07 Å². The van der Waals surface area contributed by atoms with Gasteiger partial charge in [0.05, 0.1) is 0 Å². The standard InChI is InChI=1S/C8H9NO/c1-2-5-9-6-3-4-8(10)7-9/h2-4,6-7H,1,5H2. The van der Waals surface area contributed by atoms with Gasteiger partial charge in [-0.05, 0) is 11.8 Å². The van der Waals surface area contributed by atoms with E-state index in [1.54, 1.807) is 22.9 Å². The lowest BCUT2D eigenvalue weighted by atomic mass is 10.4. The van der Waals surface area contributed by atoms with Crippen molar-refractivity contribution < 1.29 is 9.67 Å². The quantitative estimate of drug-likeness (QED) is 0.421. The molecule has 2 heteroatoms. The normalized spacial score (nSPS) is 9.20. The van der Waals surface area contributed by atoms with Gasteiger partial charge >= 0.3 is 0 Å². The van der Waals surface area contributed by atoms with Gasteiger partial charge in [-0.3, -0.25) is 0 Å². The highest BCUT2D eigenvalue weighted by atomic mass is 16.3. The van der Waals surface area contributed by atoms with Crippen LogP contribution in [-0.4, -0.2) is 0 Å². The highest BCUT2D eigenvalue weighted by Crippen LogP contribution is 1.94. The highest BCUT2D eigenvalue weighted by molar-refractivity contribution is 5.07. The van der Waals surface area contributed by atoms with E-state index in [1.807, 2.05) is 6.20 Å². The summed E-state index contributed by atoms with van der Waals surface area (Å²) in [5.74, 6) is 0.0318. The van der Waals surface area contributed by atoms with E-state index in [2.05, 4.69) is 6.58 Å². The topological polar surface area (TPSA) is 26.9 Å². The molecule has 0 atom stereocenters. The number of hydrogen-bond acceptors (Lipinski definition) is 1. The molecule has 1 aromatic rings. The Morgan fingerprint density at radius 3 is 3.10 bits per heavy atom. The molecule has 0 N–H and O–H groups in total. The van der Waals surface area contributed by atoms with Crippen LogP contribution in [0.15, 0.2) is 37.2 Å². The predicted molar refractivity (Wildman–Crippen MR) is 36.3 cm³/mol. The van der Waals surface area contributed by atoms with Crippen molar-refractivity contribution >= 4 is 0 Å². The van der Waals surface area contributed by atoms with Crippen LogP contribution >= 0.6 is 0 Å². The molecule has 0 spiro atoms. The van der Waals surface area contributed by atoms with Crippen molar-refractivity contribution in [3.63, 3.8) is 0 Å². The summed E-state index contributed by atoms with van der Waals surface area (Å²) in [6, 6.07) is 3.26. The number of nitrogens with zero attached hydrogens (tertiary/aromatic N) is 1. The summed E-state index contributed by atoms with van der Waals surface area (Å²) in [6.45, 7) is 4.25. The number of pyridine rings is 1. The van der Waals surface area contributed by atoms with E-state index in [0.29, 0.717) is 6.54 Å². The molecule has 0 aromatic carbocycles. The lowest BCUT2D eigenvalue weighted by Crippen LogP contribution is -2.31. The molecule has 1 heterocycles. The first-order chi connectivity index (χ1) is 4.83. The maximum absolute atomic E-state index is 10.7. The van der Waals surface area contributed by atoms with Gasteiger partial charge in [0.1, 0.15) is 0 Å². The second-order valence-electron chi connectivity index (χ2n) is 2.03. The summed E-state index contributed by atoms with van der Waals surface area (Å²) >= 11 is 0. The molecule has 0 fully saturated rings. The van der Waals surface area contributed by atoms with Gasteiger partial charge in [-0.2, -0.15) is 0 Å². The zero-order valence-electron chi connectivity index (χ0n) is 5.66. The minimum atomic E-state index is 0.0318. The SMILES string of the molecule is C=CC[n+]1cccc([O-])c1. The van der Waals surface area contributed by atoms with Crippen LogP contribution in [0.5, 0.6) is 5.75 Å². The van der Waals surface area contributed by atoms with Crippen LogP contribution in [0.4, 0.5) is 0 Å². The van der Waals surface area contributed by atoms with Gasteiger partial charge < -0.3 is 5.11 Å². The fourth-order valence-corrected chi connectivity index (χ4v) is 0.761. The molecule has 0 bridgehead atoms. The van der Waals surface area contributed by atoms with E-state index in [4.69, 9.17) is 0 Å². The fourth-order valence-electron chi connectivity index (χ4n) is 0.761. The lowest BCUT2D eigenvalue weighted by molar-refractivity contribution is -0.689. The molecule has 0 aliphatic carbocycles. The monoisotopic (exact) mass is 135 g/mol. The molecule has 0 radical (unpaired) electrons. The third kappa shape index (κ3) is 1.58. The van der Waals surface area contributed by atoms with E-state index >= 15 is 0 Å². The lowest BCUT2D eigenvalue weighted by Gasteiger charge is -1.99. The molecule has 0 unspecified atom stereocenters. The van der Waals surface area contributed by atoms with Crippen LogP contribution in [0.25, 0.3) is 0 Å². The molecule has 0 amide bonds. The van der Waals surface area contributed by atoms with Crippen LogP contribution in [0.2, 0.25) is 0 Å². The van der Waals surface area contributed by atoms with E-state index < -0.39 is 0 Å². The molecule has 1 aromatic heterocycles. The molecular formula is C8H9NO. The van der Waals surface area contributed by atoms with Crippen molar-refractivity contribution in [1.82, 2.24) is 0 Å². The Hall–Kier alpha value is -1.31. The van der Waals surface area contributed by atoms with Crippen molar-refractivity contribution in [2.45, 2.75) is 6.54 Å². The van der Waals surface area contributed by atoms with Crippen LogP contribution < -0.4 is 9.67 Å². The zero-order valence-corrected chi connectivity index (χ0v) is 5.66. The summed E-state index contributed by atoms with van der Waals surface area (Å²) in [7, 11) is 0. The third-order valence-electron chi connectivity index (χ3n) is 1.17. The molecular weight excluding hydrogens is 126 g/mol. The van der Waals surface area contributed by atoms with E-state index in [1.165, 1.54) is 6.07 Å². The Bertz CT molecular complexity index is 232.